The van der Waals surface area contributed by atoms with Gasteiger partial charge in [-0.2, -0.15) is 4.98 Å². The minimum Gasteiger partial charge on any atom is -0.497 e. The molecule has 1 fully saturated rings. The minimum atomic E-state index is 0.178. The van der Waals surface area contributed by atoms with Gasteiger partial charge in [0.1, 0.15) is 16.4 Å². The van der Waals surface area contributed by atoms with Crippen molar-refractivity contribution in [1.82, 2.24) is 9.97 Å². The molecule has 1 aliphatic rings. The highest BCUT2D eigenvalue weighted by molar-refractivity contribution is 7.19. The molecule has 1 unspecified atom stereocenters. The average molecular weight is 418 g/mol. The molecule has 0 saturated carbocycles. The molecule has 3 aromatic rings. The van der Waals surface area contributed by atoms with Gasteiger partial charge in [-0.15, -0.1) is 11.3 Å². The van der Waals surface area contributed by atoms with Crippen LogP contribution in [0, 0.1) is 6.92 Å². The first kappa shape index (κ1) is 19.4. The third kappa shape index (κ3) is 3.56. The van der Waals surface area contributed by atoms with E-state index in [0.29, 0.717) is 0 Å². The lowest BCUT2D eigenvalue weighted by molar-refractivity contribution is 0.262. The van der Waals surface area contributed by atoms with Crippen LogP contribution in [0.5, 0.6) is 5.75 Å². The highest BCUT2D eigenvalue weighted by atomic mass is 35.5. The summed E-state index contributed by atoms with van der Waals surface area (Å²) >= 11 is 7.95. The summed E-state index contributed by atoms with van der Waals surface area (Å²) in [6.07, 6.45) is 4.10. The average Bonchev–Trinajstić information content (AvgIpc) is 3.03. The van der Waals surface area contributed by atoms with E-state index in [-0.39, 0.29) is 17.9 Å². The number of nitrogens with zero attached hydrogens (tertiary/aromatic N) is 3. The summed E-state index contributed by atoms with van der Waals surface area (Å²) in [5.74, 6) is 1.72. The standard InChI is InChI=1S/C21H24ClN3O2S/c1-13-17(14-6-8-16(27-2)9-7-14)18-19(23-21(22)24-20(18)28-13)25-11-4-3-5-15(25)10-12-26/h6-9,15,26H,3-5,10-12H2,1-2H3. The maximum atomic E-state index is 9.54. The van der Waals surface area contributed by atoms with Gasteiger partial charge in [-0.05, 0) is 61.9 Å². The Morgan fingerprint density at radius 3 is 2.75 bits per heavy atom. The molecule has 2 aromatic heterocycles. The van der Waals surface area contributed by atoms with Crippen LogP contribution >= 0.6 is 22.9 Å². The number of thiophene rings is 1. The number of methoxy groups -OCH3 is 1. The molecule has 0 aliphatic carbocycles. The van der Waals surface area contributed by atoms with Crippen molar-refractivity contribution in [1.29, 1.82) is 0 Å². The number of ether oxygens (including phenoxy) is 1. The van der Waals surface area contributed by atoms with E-state index in [1.165, 1.54) is 11.3 Å². The molecule has 0 radical (unpaired) electrons. The third-order valence-corrected chi connectivity index (χ3v) is 6.59. The molecule has 1 N–H and O–H groups in total. The number of aryl methyl sites for hydroxylation is 1. The van der Waals surface area contributed by atoms with E-state index in [1.807, 2.05) is 12.1 Å². The molecule has 3 heterocycles. The largest absolute Gasteiger partial charge is 0.497 e. The maximum Gasteiger partial charge on any atom is 0.225 e. The van der Waals surface area contributed by atoms with Crippen LogP contribution in [0.15, 0.2) is 24.3 Å². The summed E-state index contributed by atoms with van der Waals surface area (Å²) in [6, 6.07) is 8.38. The van der Waals surface area contributed by atoms with Gasteiger partial charge in [0.25, 0.3) is 0 Å². The second kappa shape index (κ2) is 8.23. The lowest BCUT2D eigenvalue weighted by Crippen LogP contribution is -2.40. The number of rotatable bonds is 5. The fraction of sp³-hybridized carbons (Fsp3) is 0.429. The van der Waals surface area contributed by atoms with Crippen LogP contribution in [0.4, 0.5) is 5.82 Å². The molecule has 1 saturated heterocycles. The number of hydrogen-bond donors (Lipinski definition) is 1. The molecule has 1 aromatic carbocycles. The van der Waals surface area contributed by atoms with Gasteiger partial charge in [-0.25, -0.2) is 4.98 Å². The van der Waals surface area contributed by atoms with Crippen molar-refractivity contribution in [3.63, 3.8) is 0 Å². The SMILES string of the molecule is COc1ccc(-c2c(C)sc3nc(Cl)nc(N4CCCCC4CCO)c23)cc1. The van der Waals surface area contributed by atoms with Crippen molar-refractivity contribution >= 4 is 39.0 Å². The predicted molar refractivity (Wildman–Crippen MR) is 116 cm³/mol. The first-order valence-corrected chi connectivity index (χ1v) is 10.8. The molecule has 0 bridgehead atoms. The number of benzene rings is 1. The van der Waals surface area contributed by atoms with Gasteiger partial charge in [0.2, 0.25) is 5.28 Å². The van der Waals surface area contributed by atoms with Crippen LogP contribution in [-0.2, 0) is 0 Å². The quantitative estimate of drug-likeness (QED) is 0.587. The van der Waals surface area contributed by atoms with Gasteiger partial charge < -0.3 is 14.7 Å². The first-order chi connectivity index (χ1) is 13.6. The van der Waals surface area contributed by atoms with E-state index in [2.05, 4.69) is 33.9 Å². The molecular weight excluding hydrogens is 394 g/mol. The Balaban J connectivity index is 1.90. The fourth-order valence-electron chi connectivity index (χ4n) is 4.11. The second-order valence-corrected chi connectivity index (χ2v) is 8.65. The molecule has 7 heteroatoms. The van der Waals surface area contributed by atoms with Crippen LogP contribution < -0.4 is 9.64 Å². The highest BCUT2D eigenvalue weighted by Crippen LogP contribution is 2.43. The Labute approximate surface area is 173 Å². The topological polar surface area (TPSA) is 58.5 Å². The van der Waals surface area contributed by atoms with E-state index in [4.69, 9.17) is 16.3 Å². The van der Waals surface area contributed by atoms with Crippen molar-refractivity contribution in [3.8, 4) is 16.9 Å². The van der Waals surface area contributed by atoms with Gasteiger partial charge in [0, 0.05) is 29.6 Å². The number of fused-ring (bicyclic) bond motifs is 1. The number of aromatic nitrogens is 2. The summed E-state index contributed by atoms with van der Waals surface area (Å²) in [7, 11) is 1.67. The van der Waals surface area contributed by atoms with Crippen molar-refractivity contribution in [2.45, 2.75) is 38.6 Å². The molecule has 28 heavy (non-hydrogen) atoms. The van der Waals surface area contributed by atoms with Crippen LogP contribution in [0.25, 0.3) is 21.3 Å². The van der Waals surface area contributed by atoms with E-state index < -0.39 is 0 Å². The zero-order valence-electron chi connectivity index (χ0n) is 16.1. The maximum absolute atomic E-state index is 9.54. The summed E-state index contributed by atoms with van der Waals surface area (Å²) in [5.41, 5.74) is 2.27. The fourth-order valence-corrected chi connectivity index (χ4v) is 5.36. The molecule has 4 rings (SSSR count). The Hall–Kier alpha value is -1.89. The number of aliphatic hydroxyl groups is 1. The zero-order valence-corrected chi connectivity index (χ0v) is 17.7. The molecule has 0 spiro atoms. The Morgan fingerprint density at radius 2 is 2.04 bits per heavy atom. The lowest BCUT2D eigenvalue weighted by atomic mass is 9.98. The summed E-state index contributed by atoms with van der Waals surface area (Å²) < 4.78 is 5.31. The Morgan fingerprint density at radius 1 is 1.25 bits per heavy atom. The predicted octanol–water partition coefficient (Wildman–Crippen LogP) is 5.07. The van der Waals surface area contributed by atoms with Gasteiger partial charge in [0.05, 0.1) is 12.5 Å². The van der Waals surface area contributed by atoms with E-state index in [0.717, 1.165) is 58.7 Å². The summed E-state index contributed by atoms with van der Waals surface area (Å²) in [5, 5.41) is 10.9. The van der Waals surface area contributed by atoms with Gasteiger partial charge in [0.15, 0.2) is 0 Å². The van der Waals surface area contributed by atoms with Crippen LogP contribution in [0.2, 0.25) is 5.28 Å². The molecule has 1 aliphatic heterocycles. The van der Waals surface area contributed by atoms with E-state index >= 15 is 0 Å². The highest BCUT2D eigenvalue weighted by Gasteiger charge is 2.28. The van der Waals surface area contributed by atoms with Crippen molar-refractivity contribution < 1.29 is 9.84 Å². The molecule has 148 valence electrons. The smallest absolute Gasteiger partial charge is 0.225 e. The first-order valence-electron chi connectivity index (χ1n) is 9.61. The zero-order chi connectivity index (χ0) is 19.7. The number of piperidine rings is 1. The van der Waals surface area contributed by atoms with Crippen LogP contribution in [0.1, 0.15) is 30.6 Å². The number of aliphatic hydroxyl groups excluding tert-OH is 1. The van der Waals surface area contributed by atoms with E-state index in [1.54, 1.807) is 18.4 Å². The minimum absolute atomic E-state index is 0.178. The summed E-state index contributed by atoms with van der Waals surface area (Å²) in [4.78, 5) is 13.6. The Bertz CT molecular complexity index is 972. The van der Waals surface area contributed by atoms with Crippen LogP contribution in [-0.4, -0.2) is 41.4 Å². The van der Waals surface area contributed by atoms with Crippen LogP contribution in [0.3, 0.4) is 0 Å². The van der Waals surface area contributed by atoms with Gasteiger partial charge in [-0.1, -0.05) is 12.1 Å². The van der Waals surface area contributed by atoms with Crippen molar-refractivity contribution in [2.75, 3.05) is 25.2 Å². The number of halogens is 1. The second-order valence-electron chi connectivity index (χ2n) is 7.11. The third-order valence-electron chi connectivity index (χ3n) is 5.42. The van der Waals surface area contributed by atoms with Crippen molar-refractivity contribution in [2.24, 2.45) is 0 Å². The molecular formula is C21H24ClN3O2S. The number of hydrogen-bond acceptors (Lipinski definition) is 6. The van der Waals surface area contributed by atoms with Gasteiger partial charge in [-0.3, -0.25) is 0 Å². The molecule has 5 nitrogen and oxygen atoms in total. The molecule has 0 amide bonds. The van der Waals surface area contributed by atoms with Gasteiger partial charge >= 0.3 is 0 Å². The number of anilines is 1. The monoisotopic (exact) mass is 417 g/mol. The molecule has 1 atom stereocenters. The Kier molecular flexibility index (Phi) is 5.71. The summed E-state index contributed by atoms with van der Waals surface area (Å²) in [6.45, 7) is 3.21. The van der Waals surface area contributed by atoms with Crippen molar-refractivity contribution in [3.05, 3.63) is 34.4 Å². The lowest BCUT2D eigenvalue weighted by Gasteiger charge is -2.37. The normalized spacial score (nSPS) is 17.3. The van der Waals surface area contributed by atoms with E-state index in [9.17, 15) is 5.11 Å².